The quantitative estimate of drug-likeness (QED) is 0.681. The molecule has 0 aliphatic carbocycles. The van der Waals surface area contributed by atoms with Crippen molar-refractivity contribution in [3.8, 4) is 0 Å². The van der Waals surface area contributed by atoms with Crippen LogP contribution in [0.25, 0.3) is 0 Å². The summed E-state index contributed by atoms with van der Waals surface area (Å²) >= 11 is 0. The zero-order valence-electron chi connectivity index (χ0n) is 8.12. The van der Waals surface area contributed by atoms with Gasteiger partial charge in [0, 0.05) is 13.0 Å². The summed E-state index contributed by atoms with van der Waals surface area (Å²) in [5.41, 5.74) is 0. The molecule has 2 atom stereocenters. The largest absolute Gasteiger partial charge is 0.375 e. The van der Waals surface area contributed by atoms with Crippen LogP contribution in [-0.4, -0.2) is 36.4 Å². The van der Waals surface area contributed by atoms with Crippen molar-refractivity contribution in [1.82, 2.24) is 0 Å². The van der Waals surface area contributed by atoms with E-state index in [1.165, 1.54) is 0 Å². The fraction of sp³-hybridized carbons (Fsp3) is 1.00. The van der Waals surface area contributed by atoms with Crippen molar-refractivity contribution in [2.75, 3.05) is 13.2 Å². The third-order valence-electron chi connectivity index (χ3n) is 1.99. The van der Waals surface area contributed by atoms with Crippen LogP contribution in [0.1, 0.15) is 26.7 Å². The van der Waals surface area contributed by atoms with Gasteiger partial charge in [-0.25, -0.2) is 4.39 Å². The maximum atomic E-state index is 13.0. The monoisotopic (exact) mass is 192 g/mol. The number of rotatable bonds is 4. The van der Waals surface area contributed by atoms with E-state index in [4.69, 9.17) is 9.47 Å². The zero-order chi connectivity index (χ0) is 9.90. The van der Waals surface area contributed by atoms with Gasteiger partial charge in [0.25, 0.3) is 0 Å². The Labute approximate surface area is 77.8 Å². The zero-order valence-corrected chi connectivity index (χ0v) is 8.12. The summed E-state index contributed by atoms with van der Waals surface area (Å²) in [5, 5.41) is 9.20. The normalized spacial score (nSPS) is 29.5. The van der Waals surface area contributed by atoms with Crippen molar-refractivity contribution >= 4 is 0 Å². The lowest BCUT2D eigenvalue weighted by atomic mass is 10.1. The minimum absolute atomic E-state index is 0.328. The van der Waals surface area contributed by atoms with E-state index in [0.29, 0.717) is 26.1 Å². The molecule has 0 bridgehead atoms. The van der Waals surface area contributed by atoms with Gasteiger partial charge in [-0.05, 0) is 20.3 Å². The molecule has 0 aromatic heterocycles. The summed E-state index contributed by atoms with van der Waals surface area (Å²) in [6.07, 6.45) is -0.231. The summed E-state index contributed by atoms with van der Waals surface area (Å²) in [7, 11) is 0. The van der Waals surface area contributed by atoms with Crippen LogP contribution in [0.3, 0.4) is 0 Å². The highest BCUT2D eigenvalue weighted by Gasteiger charge is 2.28. The van der Waals surface area contributed by atoms with Crippen LogP contribution in [0.15, 0.2) is 0 Å². The molecule has 0 aromatic rings. The number of ether oxygens (including phenoxy) is 2. The smallest absolute Gasteiger partial charge is 0.159 e. The van der Waals surface area contributed by atoms with Crippen molar-refractivity contribution < 1.29 is 19.0 Å². The molecule has 3 nitrogen and oxygen atoms in total. The minimum Gasteiger partial charge on any atom is -0.375 e. The highest BCUT2D eigenvalue weighted by atomic mass is 19.1. The molecule has 0 aromatic carbocycles. The summed E-state index contributed by atoms with van der Waals surface area (Å²) in [6.45, 7) is 3.92. The molecule has 1 heterocycles. The van der Waals surface area contributed by atoms with Crippen LogP contribution < -0.4 is 0 Å². The van der Waals surface area contributed by atoms with Gasteiger partial charge in [-0.15, -0.1) is 0 Å². The van der Waals surface area contributed by atoms with Gasteiger partial charge in [0.2, 0.25) is 0 Å². The van der Waals surface area contributed by atoms with Crippen molar-refractivity contribution in [3.05, 3.63) is 0 Å². The van der Waals surface area contributed by atoms with Gasteiger partial charge in [-0.1, -0.05) is 0 Å². The Morgan fingerprint density at radius 3 is 2.77 bits per heavy atom. The van der Waals surface area contributed by atoms with Gasteiger partial charge < -0.3 is 14.6 Å². The summed E-state index contributed by atoms with van der Waals surface area (Å²) < 4.78 is 23.2. The predicted octanol–water partition coefficient (Wildman–Crippen LogP) is 1.25. The maximum Gasteiger partial charge on any atom is 0.159 e. The first-order valence-corrected chi connectivity index (χ1v) is 4.61. The topological polar surface area (TPSA) is 38.7 Å². The second kappa shape index (κ2) is 4.35. The lowest BCUT2D eigenvalue weighted by molar-refractivity contribution is -0.180. The van der Waals surface area contributed by atoms with Crippen LogP contribution >= 0.6 is 0 Å². The Morgan fingerprint density at radius 2 is 2.31 bits per heavy atom. The van der Waals surface area contributed by atoms with E-state index in [0.717, 1.165) is 0 Å². The van der Waals surface area contributed by atoms with E-state index in [2.05, 4.69) is 0 Å². The first-order chi connectivity index (χ1) is 5.99. The van der Waals surface area contributed by atoms with Crippen LogP contribution in [0.5, 0.6) is 0 Å². The maximum absolute atomic E-state index is 13.0. The molecular weight excluding hydrogens is 175 g/mol. The van der Waals surface area contributed by atoms with E-state index in [1.807, 2.05) is 0 Å². The molecular formula is C9H17FO3. The Hall–Kier alpha value is -0.190. The predicted molar refractivity (Wildman–Crippen MR) is 46.1 cm³/mol. The van der Waals surface area contributed by atoms with E-state index >= 15 is 0 Å². The molecule has 0 radical (unpaired) electrons. The third-order valence-corrected chi connectivity index (χ3v) is 1.99. The lowest BCUT2D eigenvalue weighted by Crippen LogP contribution is -2.27. The molecule has 0 saturated carbocycles. The fourth-order valence-corrected chi connectivity index (χ4v) is 1.31. The molecule has 4 heteroatoms. The molecule has 1 aliphatic heterocycles. The number of halogens is 1. The highest BCUT2D eigenvalue weighted by Crippen LogP contribution is 2.20. The van der Waals surface area contributed by atoms with Gasteiger partial charge in [0.05, 0.1) is 12.7 Å². The molecule has 1 saturated heterocycles. The standard InChI is InChI=1S/C9H17FO3/c1-9(2,11)13-6-4-8-7(10)3-5-12-8/h7-8,11H,3-6H2,1-2H3/t7-,8?/m1/s1. The molecule has 1 unspecified atom stereocenters. The second-order valence-electron chi connectivity index (χ2n) is 3.80. The number of alkyl halides is 1. The average Bonchev–Trinajstić information content (AvgIpc) is 2.34. The SMILES string of the molecule is CC(C)(O)OCCC1OCC[C@H]1F. The van der Waals surface area contributed by atoms with Crippen molar-refractivity contribution in [2.45, 2.75) is 44.8 Å². The first-order valence-electron chi connectivity index (χ1n) is 4.61. The van der Waals surface area contributed by atoms with Crippen LogP contribution in [-0.2, 0) is 9.47 Å². The van der Waals surface area contributed by atoms with Crippen molar-refractivity contribution in [3.63, 3.8) is 0 Å². The van der Waals surface area contributed by atoms with Gasteiger partial charge >= 0.3 is 0 Å². The third kappa shape index (κ3) is 4.02. The summed E-state index contributed by atoms with van der Waals surface area (Å²) in [6, 6.07) is 0. The Balaban J connectivity index is 2.12. The first kappa shape index (κ1) is 10.9. The van der Waals surface area contributed by atoms with E-state index in [-0.39, 0.29) is 6.10 Å². The lowest BCUT2D eigenvalue weighted by Gasteiger charge is -2.19. The van der Waals surface area contributed by atoms with Gasteiger partial charge in [-0.2, -0.15) is 0 Å². The minimum atomic E-state index is -1.13. The van der Waals surface area contributed by atoms with Crippen molar-refractivity contribution in [1.29, 1.82) is 0 Å². The molecule has 1 rings (SSSR count). The fourth-order valence-electron chi connectivity index (χ4n) is 1.31. The average molecular weight is 192 g/mol. The van der Waals surface area contributed by atoms with Gasteiger partial charge in [0.15, 0.2) is 5.79 Å². The summed E-state index contributed by atoms with van der Waals surface area (Å²) in [4.78, 5) is 0. The molecule has 1 N–H and O–H groups in total. The number of hydrogen-bond donors (Lipinski definition) is 1. The van der Waals surface area contributed by atoms with Crippen molar-refractivity contribution in [2.24, 2.45) is 0 Å². The van der Waals surface area contributed by atoms with Gasteiger partial charge in [0.1, 0.15) is 6.17 Å². The molecule has 78 valence electrons. The molecule has 13 heavy (non-hydrogen) atoms. The van der Waals surface area contributed by atoms with Crippen LogP contribution in [0.2, 0.25) is 0 Å². The highest BCUT2D eigenvalue weighted by molar-refractivity contribution is 4.75. The number of hydrogen-bond acceptors (Lipinski definition) is 3. The summed E-state index contributed by atoms with van der Waals surface area (Å²) in [5.74, 6) is -1.13. The van der Waals surface area contributed by atoms with E-state index < -0.39 is 12.0 Å². The molecule has 1 fully saturated rings. The second-order valence-corrected chi connectivity index (χ2v) is 3.80. The molecule has 1 aliphatic rings. The Morgan fingerprint density at radius 1 is 1.62 bits per heavy atom. The molecule has 0 spiro atoms. The van der Waals surface area contributed by atoms with E-state index in [1.54, 1.807) is 13.8 Å². The Kier molecular flexibility index (Phi) is 3.64. The van der Waals surface area contributed by atoms with Crippen LogP contribution in [0, 0.1) is 0 Å². The number of aliphatic hydroxyl groups is 1. The van der Waals surface area contributed by atoms with Crippen LogP contribution in [0.4, 0.5) is 4.39 Å². The molecule has 0 amide bonds. The van der Waals surface area contributed by atoms with E-state index in [9.17, 15) is 9.50 Å². The van der Waals surface area contributed by atoms with Gasteiger partial charge in [-0.3, -0.25) is 0 Å². The Bertz CT molecular complexity index is 155.